The first-order valence-electron chi connectivity index (χ1n) is 11.5. The molecule has 1 aliphatic heterocycles. The van der Waals surface area contributed by atoms with Gasteiger partial charge in [-0.15, -0.1) is 0 Å². The van der Waals surface area contributed by atoms with Gasteiger partial charge in [-0.25, -0.2) is 19.2 Å². The number of H-pyrrole nitrogens is 1. The Morgan fingerprint density at radius 2 is 2.06 bits per heavy atom. The molecule has 3 aromatic heterocycles. The molecule has 5 rings (SSSR count). The van der Waals surface area contributed by atoms with Crippen LogP contribution in [0.1, 0.15) is 26.3 Å². The zero-order valence-electron chi connectivity index (χ0n) is 20.2. The average Bonchev–Trinajstić information content (AvgIpc) is 3.40. The van der Waals surface area contributed by atoms with E-state index in [1.165, 1.54) is 6.07 Å². The maximum Gasteiger partial charge on any atom is 0.317 e. The summed E-state index contributed by atoms with van der Waals surface area (Å²) in [6, 6.07) is 6.60. The quantitative estimate of drug-likeness (QED) is 0.454. The van der Waals surface area contributed by atoms with Crippen molar-refractivity contribution in [3.8, 4) is 22.5 Å². The Balaban J connectivity index is 1.27. The van der Waals surface area contributed by atoms with Gasteiger partial charge in [0, 0.05) is 37.1 Å². The first kappa shape index (κ1) is 23.0. The zero-order chi connectivity index (χ0) is 24.7. The van der Waals surface area contributed by atoms with Crippen LogP contribution in [0.5, 0.6) is 0 Å². The number of carbonyl (C=O) groups excluding carboxylic acids is 1. The van der Waals surface area contributed by atoms with Crippen LogP contribution in [0.25, 0.3) is 33.7 Å². The first-order chi connectivity index (χ1) is 16.7. The third-order valence-electron chi connectivity index (χ3n) is 5.82. The number of hydrogen-bond donors (Lipinski definition) is 2. The fourth-order valence-electron chi connectivity index (χ4n) is 4.15. The molecule has 182 valence electrons. The van der Waals surface area contributed by atoms with Crippen molar-refractivity contribution in [2.75, 3.05) is 13.1 Å². The summed E-state index contributed by atoms with van der Waals surface area (Å²) in [6.07, 6.45) is 5.27. The highest BCUT2D eigenvalue weighted by molar-refractivity contribution is 5.91. The van der Waals surface area contributed by atoms with Crippen LogP contribution in [0.3, 0.4) is 0 Å². The predicted octanol–water partition coefficient (Wildman–Crippen LogP) is 3.87. The highest BCUT2D eigenvalue weighted by Gasteiger charge is 2.34. The van der Waals surface area contributed by atoms with Crippen molar-refractivity contribution in [3.05, 3.63) is 54.2 Å². The molecule has 4 heterocycles. The average molecular weight is 478 g/mol. The molecular formula is C25H28FN7O2. The number of hydrogen-bond acceptors (Lipinski definition) is 5. The van der Waals surface area contributed by atoms with Crippen LogP contribution in [-0.4, -0.2) is 60.5 Å². The lowest BCUT2D eigenvalue weighted by molar-refractivity contribution is -0.111. The van der Waals surface area contributed by atoms with Gasteiger partial charge in [0.1, 0.15) is 11.6 Å². The largest absolute Gasteiger partial charge is 0.369 e. The van der Waals surface area contributed by atoms with Crippen LogP contribution in [0.15, 0.2) is 42.9 Å². The number of carbonyl (C=O) groups is 1. The smallest absolute Gasteiger partial charge is 0.317 e. The number of imidazole rings is 1. The van der Waals surface area contributed by atoms with E-state index >= 15 is 0 Å². The lowest BCUT2D eigenvalue weighted by atomic mass is 10.0. The van der Waals surface area contributed by atoms with E-state index in [-0.39, 0.29) is 24.3 Å². The standard InChI is InChI=1S/C25H28FN7O2/c1-25(2,3)35-18-13-33(14-18)24(34)28-10-16-6-5-15(9-20(16)26)19-7-8-27-23-21(19)30-22(31-23)17-11-29-32(4)12-17/h5-9,11-12,18H,10,13-14H2,1-4H3,(H,28,34)(H,27,30,31). The highest BCUT2D eigenvalue weighted by atomic mass is 19.1. The molecule has 0 unspecified atom stereocenters. The molecule has 2 N–H and O–H groups in total. The third-order valence-corrected chi connectivity index (χ3v) is 5.82. The minimum absolute atomic E-state index is 0.0371. The van der Waals surface area contributed by atoms with Gasteiger partial charge in [0.15, 0.2) is 5.65 Å². The summed E-state index contributed by atoms with van der Waals surface area (Å²) in [6.45, 7) is 7.15. The molecule has 2 amide bonds. The lowest BCUT2D eigenvalue weighted by Gasteiger charge is -2.41. The van der Waals surface area contributed by atoms with Crippen LogP contribution in [0, 0.1) is 5.82 Å². The monoisotopic (exact) mass is 477 g/mol. The second kappa shape index (κ2) is 8.77. The third kappa shape index (κ3) is 4.88. The van der Waals surface area contributed by atoms with Crippen molar-refractivity contribution in [2.45, 2.75) is 39.0 Å². The lowest BCUT2D eigenvalue weighted by Crippen LogP contribution is -2.59. The Labute approximate surface area is 202 Å². The molecule has 4 aromatic rings. The Morgan fingerprint density at radius 1 is 1.26 bits per heavy atom. The first-order valence-corrected chi connectivity index (χ1v) is 11.5. The van der Waals surface area contributed by atoms with E-state index in [4.69, 9.17) is 4.74 Å². The topological polar surface area (TPSA) is 101 Å². The van der Waals surface area contributed by atoms with Crippen molar-refractivity contribution in [2.24, 2.45) is 7.05 Å². The number of benzene rings is 1. The number of aromatic nitrogens is 5. The van der Waals surface area contributed by atoms with Crippen molar-refractivity contribution >= 4 is 17.2 Å². The van der Waals surface area contributed by atoms with E-state index < -0.39 is 5.82 Å². The Kier molecular flexibility index (Phi) is 5.76. The van der Waals surface area contributed by atoms with Gasteiger partial charge in [-0.3, -0.25) is 4.68 Å². The second-order valence-corrected chi connectivity index (χ2v) is 9.77. The van der Waals surface area contributed by atoms with Crippen molar-refractivity contribution in [1.29, 1.82) is 0 Å². The number of pyridine rings is 1. The van der Waals surface area contributed by atoms with Crippen LogP contribution >= 0.6 is 0 Å². The molecular weight excluding hydrogens is 449 g/mol. The van der Waals surface area contributed by atoms with E-state index in [2.05, 4.69) is 25.4 Å². The van der Waals surface area contributed by atoms with E-state index in [0.717, 1.165) is 16.6 Å². The summed E-state index contributed by atoms with van der Waals surface area (Å²) in [4.78, 5) is 26.2. The predicted molar refractivity (Wildman–Crippen MR) is 130 cm³/mol. The van der Waals surface area contributed by atoms with Gasteiger partial charge in [0.2, 0.25) is 0 Å². The fraction of sp³-hybridized carbons (Fsp3) is 0.360. The molecule has 1 aliphatic rings. The molecule has 0 aliphatic carbocycles. The van der Waals surface area contributed by atoms with Gasteiger partial charge in [0.05, 0.1) is 42.1 Å². The van der Waals surface area contributed by atoms with Gasteiger partial charge >= 0.3 is 6.03 Å². The maximum atomic E-state index is 15.0. The van der Waals surface area contributed by atoms with E-state index in [1.807, 2.05) is 46.1 Å². The van der Waals surface area contributed by atoms with Crippen LogP contribution < -0.4 is 5.32 Å². The number of aromatic amines is 1. The molecule has 1 aromatic carbocycles. The number of nitrogens with zero attached hydrogens (tertiary/aromatic N) is 5. The number of nitrogens with one attached hydrogen (secondary N) is 2. The van der Waals surface area contributed by atoms with E-state index in [9.17, 15) is 9.18 Å². The summed E-state index contributed by atoms with van der Waals surface area (Å²) in [7, 11) is 1.84. The number of amides is 2. The Bertz CT molecular complexity index is 1380. The van der Waals surface area contributed by atoms with E-state index in [0.29, 0.717) is 35.7 Å². The zero-order valence-corrected chi connectivity index (χ0v) is 20.2. The van der Waals surface area contributed by atoms with Gasteiger partial charge in [-0.1, -0.05) is 12.1 Å². The van der Waals surface area contributed by atoms with Crippen molar-refractivity contribution in [1.82, 2.24) is 34.9 Å². The number of urea groups is 1. The minimum Gasteiger partial charge on any atom is -0.369 e. The van der Waals surface area contributed by atoms with Crippen molar-refractivity contribution in [3.63, 3.8) is 0 Å². The fourth-order valence-corrected chi connectivity index (χ4v) is 4.15. The summed E-state index contributed by atoms with van der Waals surface area (Å²) < 4.78 is 22.5. The van der Waals surface area contributed by atoms with Gasteiger partial charge < -0.3 is 19.9 Å². The molecule has 0 bridgehead atoms. The number of likely N-dealkylation sites (tertiary alicyclic amines) is 1. The van der Waals surface area contributed by atoms with Crippen LogP contribution in [0.4, 0.5) is 9.18 Å². The van der Waals surface area contributed by atoms with Crippen molar-refractivity contribution < 1.29 is 13.9 Å². The summed E-state index contributed by atoms with van der Waals surface area (Å²) in [5.74, 6) is 0.256. The normalized spacial score (nSPS) is 14.4. The number of ether oxygens (including phenoxy) is 1. The van der Waals surface area contributed by atoms with Gasteiger partial charge in [-0.2, -0.15) is 5.10 Å². The maximum absolute atomic E-state index is 15.0. The molecule has 0 atom stereocenters. The summed E-state index contributed by atoms with van der Waals surface area (Å²) in [5.41, 5.74) is 3.75. The molecule has 9 nitrogen and oxygen atoms in total. The van der Waals surface area contributed by atoms with Crippen LogP contribution in [-0.2, 0) is 18.3 Å². The molecule has 35 heavy (non-hydrogen) atoms. The Morgan fingerprint density at radius 3 is 2.74 bits per heavy atom. The molecule has 1 saturated heterocycles. The van der Waals surface area contributed by atoms with E-state index in [1.54, 1.807) is 28.0 Å². The molecule has 1 fully saturated rings. The van der Waals surface area contributed by atoms with Gasteiger partial charge in [-0.05, 0) is 38.5 Å². The summed E-state index contributed by atoms with van der Waals surface area (Å²) >= 11 is 0. The van der Waals surface area contributed by atoms with Crippen LogP contribution in [0.2, 0.25) is 0 Å². The molecule has 0 spiro atoms. The number of aryl methyl sites for hydroxylation is 1. The Hall–Kier alpha value is -3.79. The molecule has 0 radical (unpaired) electrons. The SMILES string of the molecule is Cn1cc(-c2nc3nccc(-c4ccc(CNC(=O)N5CC(OC(C)(C)C)C5)c(F)c4)c3[nH]2)cn1. The number of fused-ring (bicyclic) bond motifs is 1. The highest BCUT2D eigenvalue weighted by Crippen LogP contribution is 2.29. The second-order valence-electron chi connectivity index (χ2n) is 9.77. The number of halogens is 1. The number of rotatable bonds is 5. The summed E-state index contributed by atoms with van der Waals surface area (Å²) in [5, 5.41) is 6.97. The molecule has 10 heteroatoms. The molecule has 0 saturated carbocycles. The van der Waals surface area contributed by atoms with Gasteiger partial charge in [0.25, 0.3) is 0 Å². The minimum atomic E-state index is -0.391.